The van der Waals surface area contributed by atoms with Crippen molar-refractivity contribution in [2.24, 2.45) is 0 Å². The smallest absolute Gasteiger partial charge is 0.269 e. The lowest BCUT2D eigenvalue weighted by molar-refractivity contribution is -0.384. The molecule has 4 aromatic rings. The van der Waals surface area contributed by atoms with Gasteiger partial charge in [-0.2, -0.15) is 0 Å². The summed E-state index contributed by atoms with van der Waals surface area (Å²) in [4.78, 5) is 10.3. The first-order valence-electron chi connectivity index (χ1n) is 11.5. The molecule has 0 radical (unpaired) electrons. The van der Waals surface area contributed by atoms with E-state index in [0.29, 0.717) is 15.9 Å². The number of hydrogen-bond acceptors (Lipinski definition) is 4. The maximum atomic E-state index is 10.8. The number of hydrogen-bond donors (Lipinski definition) is 4. The van der Waals surface area contributed by atoms with Gasteiger partial charge in [0.1, 0.15) is 0 Å². The molecule has 0 aliphatic rings. The van der Waals surface area contributed by atoms with E-state index in [1.54, 1.807) is 12.1 Å². The minimum absolute atomic E-state index is 0.0319. The molecule has 0 bridgehead atoms. The fourth-order valence-electron chi connectivity index (χ4n) is 3.54. The maximum absolute atomic E-state index is 10.8. The third kappa shape index (κ3) is 7.83. The molecule has 0 saturated heterocycles. The number of nitrogens with zero attached hydrogens (tertiary/aromatic N) is 1. The predicted molar refractivity (Wildman–Crippen MR) is 160 cm³/mol. The first-order chi connectivity index (χ1) is 17.8. The van der Waals surface area contributed by atoms with E-state index in [1.165, 1.54) is 23.3 Å². The molecule has 0 fully saturated rings. The van der Waals surface area contributed by atoms with Crippen LogP contribution < -0.4 is 21.3 Å². The molecule has 4 N–H and O–H groups in total. The van der Waals surface area contributed by atoms with Gasteiger partial charge in [0.05, 0.1) is 4.92 Å². The molecular formula is C28H25N5O2S2. The Morgan fingerprint density at radius 2 is 0.946 bits per heavy atom. The van der Waals surface area contributed by atoms with E-state index in [2.05, 4.69) is 33.4 Å². The van der Waals surface area contributed by atoms with Crippen LogP contribution in [0, 0.1) is 17.0 Å². The van der Waals surface area contributed by atoms with Gasteiger partial charge in [-0.15, -0.1) is 0 Å². The molecule has 0 aliphatic carbocycles. The number of rotatable bonds is 7. The second-order valence-corrected chi connectivity index (χ2v) is 9.22. The van der Waals surface area contributed by atoms with Crippen molar-refractivity contribution in [3.8, 4) is 0 Å². The van der Waals surface area contributed by atoms with E-state index in [-0.39, 0.29) is 5.69 Å². The van der Waals surface area contributed by atoms with Crippen LogP contribution in [0.5, 0.6) is 0 Å². The molecule has 7 nitrogen and oxygen atoms in total. The highest BCUT2D eigenvalue weighted by atomic mass is 32.1. The summed E-state index contributed by atoms with van der Waals surface area (Å²) in [5.74, 6) is 0. The lowest BCUT2D eigenvalue weighted by Crippen LogP contribution is -2.19. The molecule has 186 valence electrons. The van der Waals surface area contributed by atoms with Crippen LogP contribution >= 0.6 is 24.4 Å². The highest BCUT2D eigenvalue weighted by molar-refractivity contribution is 7.81. The normalized spacial score (nSPS) is 10.3. The van der Waals surface area contributed by atoms with Crippen molar-refractivity contribution in [3.05, 3.63) is 124 Å². The maximum Gasteiger partial charge on any atom is 0.269 e. The van der Waals surface area contributed by atoms with Crippen molar-refractivity contribution in [2.45, 2.75) is 13.3 Å². The van der Waals surface area contributed by atoms with E-state index in [0.717, 1.165) is 29.0 Å². The number of nitro benzene ring substituents is 1. The van der Waals surface area contributed by atoms with Gasteiger partial charge in [-0.1, -0.05) is 42.0 Å². The van der Waals surface area contributed by atoms with E-state index in [4.69, 9.17) is 24.4 Å². The molecule has 0 atom stereocenters. The summed E-state index contributed by atoms with van der Waals surface area (Å²) < 4.78 is 0. The molecule has 0 aliphatic heterocycles. The Morgan fingerprint density at radius 3 is 1.30 bits per heavy atom. The number of aryl methyl sites for hydroxylation is 1. The zero-order valence-corrected chi connectivity index (χ0v) is 21.7. The Kier molecular flexibility index (Phi) is 8.40. The minimum atomic E-state index is -0.437. The number of anilines is 4. The lowest BCUT2D eigenvalue weighted by Gasteiger charge is -2.12. The van der Waals surface area contributed by atoms with Crippen LogP contribution in [0.4, 0.5) is 28.4 Å². The molecule has 37 heavy (non-hydrogen) atoms. The summed E-state index contributed by atoms with van der Waals surface area (Å²) in [5.41, 5.74) is 6.95. The van der Waals surface area contributed by atoms with E-state index >= 15 is 0 Å². The van der Waals surface area contributed by atoms with Gasteiger partial charge in [0, 0.05) is 34.9 Å². The van der Waals surface area contributed by atoms with E-state index < -0.39 is 4.92 Å². The molecular weight excluding hydrogens is 502 g/mol. The number of benzene rings is 4. The summed E-state index contributed by atoms with van der Waals surface area (Å²) in [7, 11) is 0. The first-order valence-corrected chi connectivity index (χ1v) is 12.3. The van der Waals surface area contributed by atoms with Crippen LogP contribution in [0.1, 0.15) is 16.7 Å². The monoisotopic (exact) mass is 527 g/mol. The van der Waals surface area contributed by atoms with Gasteiger partial charge in [-0.25, -0.2) is 0 Å². The first kappa shape index (κ1) is 25.7. The SMILES string of the molecule is Cc1ccc(NC(=S)Nc2ccc(Cc3ccc(NC(=S)Nc4ccc([N+](=O)[O-])cc4)cc3)cc2)cc1. The fourth-order valence-corrected chi connectivity index (χ4v) is 4.01. The van der Waals surface area contributed by atoms with Crippen molar-refractivity contribution in [2.75, 3.05) is 21.3 Å². The fraction of sp³-hybridized carbons (Fsp3) is 0.0714. The van der Waals surface area contributed by atoms with Gasteiger partial charge in [0.2, 0.25) is 0 Å². The van der Waals surface area contributed by atoms with Gasteiger partial charge in [-0.3, -0.25) is 10.1 Å². The quantitative estimate of drug-likeness (QED) is 0.115. The van der Waals surface area contributed by atoms with Gasteiger partial charge >= 0.3 is 0 Å². The Morgan fingerprint density at radius 1 is 0.622 bits per heavy atom. The number of non-ortho nitro benzene ring substituents is 1. The third-order valence-corrected chi connectivity index (χ3v) is 5.89. The standard InChI is InChI=1S/C28H25N5O2S2/c1-19-2-8-22(9-3-19)29-27(36)30-23-10-4-20(5-11-23)18-21-6-12-24(13-7-21)31-28(37)32-25-14-16-26(17-15-25)33(34)35/h2-17H,18H2,1H3,(H2,29,30,36)(H2,31,32,37). The van der Waals surface area contributed by atoms with Crippen molar-refractivity contribution in [3.63, 3.8) is 0 Å². The Labute approximate surface area is 226 Å². The van der Waals surface area contributed by atoms with Crippen molar-refractivity contribution >= 4 is 63.1 Å². The topological polar surface area (TPSA) is 91.3 Å². The summed E-state index contributed by atoms with van der Waals surface area (Å²) in [6, 6.07) is 30.3. The highest BCUT2D eigenvalue weighted by Gasteiger charge is 2.06. The van der Waals surface area contributed by atoms with Crippen molar-refractivity contribution in [1.29, 1.82) is 0 Å². The van der Waals surface area contributed by atoms with Crippen LogP contribution in [-0.4, -0.2) is 15.1 Å². The van der Waals surface area contributed by atoms with Gasteiger partial charge in [0.15, 0.2) is 10.2 Å². The molecule has 4 rings (SSSR count). The average Bonchev–Trinajstić information content (AvgIpc) is 2.88. The van der Waals surface area contributed by atoms with Crippen LogP contribution in [0.3, 0.4) is 0 Å². The van der Waals surface area contributed by atoms with Crippen molar-refractivity contribution in [1.82, 2.24) is 0 Å². The summed E-state index contributed by atoms with van der Waals surface area (Å²) in [6.45, 7) is 2.05. The number of thiocarbonyl (C=S) groups is 2. The van der Waals surface area contributed by atoms with E-state index in [9.17, 15) is 10.1 Å². The van der Waals surface area contributed by atoms with E-state index in [1.807, 2.05) is 67.6 Å². The van der Waals surface area contributed by atoms with Crippen LogP contribution in [0.15, 0.2) is 97.1 Å². The predicted octanol–water partition coefficient (Wildman–Crippen LogP) is 7.11. The minimum Gasteiger partial charge on any atom is -0.332 e. The van der Waals surface area contributed by atoms with Gasteiger partial charge in [0.25, 0.3) is 5.69 Å². The van der Waals surface area contributed by atoms with Gasteiger partial charge < -0.3 is 21.3 Å². The number of nitrogens with one attached hydrogen (secondary N) is 4. The molecule has 0 aromatic heterocycles. The Bertz CT molecular complexity index is 1390. The number of nitro groups is 1. The molecule has 0 unspecified atom stereocenters. The largest absolute Gasteiger partial charge is 0.332 e. The molecule has 0 spiro atoms. The summed E-state index contributed by atoms with van der Waals surface area (Å²) >= 11 is 10.8. The third-order valence-electron chi connectivity index (χ3n) is 5.48. The summed E-state index contributed by atoms with van der Waals surface area (Å²) in [6.07, 6.45) is 0.790. The van der Waals surface area contributed by atoms with Crippen LogP contribution in [0.2, 0.25) is 0 Å². The average molecular weight is 528 g/mol. The zero-order chi connectivity index (χ0) is 26.2. The highest BCUT2D eigenvalue weighted by Crippen LogP contribution is 2.18. The molecule has 0 amide bonds. The Balaban J connectivity index is 1.26. The molecule has 9 heteroatoms. The second kappa shape index (κ2) is 12.1. The molecule has 4 aromatic carbocycles. The Hall–Kier alpha value is -4.34. The van der Waals surface area contributed by atoms with Crippen LogP contribution in [0.25, 0.3) is 0 Å². The summed E-state index contributed by atoms with van der Waals surface area (Å²) in [5, 5.41) is 24.3. The zero-order valence-electron chi connectivity index (χ0n) is 20.0. The molecule has 0 heterocycles. The van der Waals surface area contributed by atoms with Gasteiger partial charge in [-0.05, 0) is 97.4 Å². The van der Waals surface area contributed by atoms with Crippen molar-refractivity contribution < 1.29 is 4.92 Å². The lowest BCUT2D eigenvalue weighted by atomic mass is 10.0. The molecule has 0 saturated carbocycles. The van der Waals surface area contributed by atoms with Crippen LogP contribution in [-0.2, 0) is 6.42 Å². The second-order valence-electron chi connectivity index (χ2n) is 8.40.